The van der Waals surface area contributed by atoms with Crippen LogP contribution in [0.3, 0.4) is 0 Å². The van der Waals surface area contributed by atoms with Crippen LogP contribution >= 0.6 is 23.2 Å². The number of carboxylic acid groups (broad SMARTS) is 1. The number of benzene rings is 2. The third-order valence-electron chi connectivity index (χ3n) is 6.88. The molecular formula is C34H48Cl2N4O7. The van der Waals surface area contributed by atoms with Crippen LogP contribution in [0, 0.1) is 0 Å². The van der Waals surface area contributed by atoms with E-state index in [-0.39, 0.29) is 5.91 Å². The third-order valence-corrected chi connectivity index (χ3v) is 7.38. The quantitative estimate of drug-likeness (QED) is 0.316. The first kappa shape index (κ1) is 39.6. The van der Waals surface area contributed by atoms with Crippen molar-refractivity contribution in [1.82, 2.24) is 15.1 Å². The lowest BCUT2D eigenvalue weighted by Gasteiger charge is -2.28. The number of halogens is 2. The standard InChI is InChI=1S/C17H23ClN2O3.C10H17NO4.C7H8ClN/c1-17(2,3)23-16(22)20-10-4-5-14(20)15(21)19-11-12-6-8-13(18)9-7-12;1-10(2,3)15-9(14)11-6-4-5-7(11)8(12)13;8-7-3-1-6(5-9)2-4-7/h6-9,14H,4-5,10-11H2,1-3H3,(H,19,21);7H,4-6H2,1-3H3,(H,12,13);1-4H,5,9H2/t14-;7-;/m11./s1. The molecule has 2 aliphatic heterocycles. The molecule has 2 aliphatic rings. The Kier molecular flexibility index (Phi) is 15.3. The van der Waals surface area contributed by atoms with E-state index < -0.39 is 41.4 Å². The highest BCUT2D eigenvalue weighted by Crippen LogP contribution is 2.22. The van der Waals surface area contributed by atoms with Crippen LogP contribution in [0.5, 0.6) is 0 Å². The number of hydrogen-bond donors (Lipinski definition) is 3. The van der Waals surface area contributed by atoms with Gasteiger partial charge in [0.15, 0.2) is 0 Å². The first-order valence-electron chi connectivity index (χ1n) is 15.6. The summed E-state index contributed by atoms with van der Waals surface area (Å²) in [6.45, 7) is 12.7. The molecule has 3 amide bonds. The van der Waals surface area contributed by atoms with E-state index in [0.717, 1.165) is 29.0 Å². The van der Waals surface area contributed by atoms with Gasteiger partial charge in [0.25, 0.3) is 0 Å². The summed E-state index contributed by atoms with van der Waals surface area (Å²) in [7, 11) is 0. The summed E-state index contributed by atoms with van der Waals surface area (Å²) >= 11 is 11.5. The van der Waals surface area contributed by atoms with E-state index in [1.165, 1.54) is 9.80 Å². The molecule has 0 radical (unpaired) electrons. The molecule has 13 heteroatoms. The largest absolute Gasteiger partial charge is 0.480 e. The van der Waals surface area contributed by atoms with E-state index in [2.05, 4.69) is 5.32 Å². The molecule has 0 saturated carbocycles. The third kappa shape index (κ3) is 14.4. The zero-order chi connectivity index (χ0) is 35.4. The average molecular weight is 696 g/mol. The molecule has 0 spiro atoms. The summed E-state index contributed by atoms with van der Waals surface area (Å²) in [5.41, 5.74) is 6.28. The van der Waals surface area contributed by atoms with Crippen molar-refractivity contribution in [3.8, 4) is 0 Å². The number of nitrogens with one attached hydrogen (secondary N) is 1. The molecule has 0 aliphatic carbocycles. The monoisotopic (exact) mass is 694 g/mol. The van der Waals surface area contributed by atoms with Crippen molar-refractivity contribution in [2.45, 2.75) is 104 Å². The topological polar surface area (TPSA) is 152 Å². The van der Waals surface area contributed by atoms with Gasteiger partial charge in [-0.15, -0.1) is 0 Å². The Morgan fingerprint density at radius 3 is 1.57 bits per heavy atom. The number of aliphatic carboxylic acids is 1. The van der Waals surface area contributed by atoms with Gasteiger partial charge in [0.2, 0.25) is 5.91 Å². The lowest BCUT2D eigenvalue weighted by molar-refractivity contribution is -0.142. The number of amides is 3. The molecule has 0 unspecified atom stereocenters. The second-order valence-corrected chi connectivity index (χ2v) is 14.0. The highest BCUT2D eigenvalue weighted by Gasteiger charge is 2.37. The molecule has 0 bridgehead atoms. The summed E-state index contributed by atoms with van der Waals surface area (Å²) < 4.78 is 10.5. The lowest BCUT2D eigenvalue weighted by atomic mass is 10.2. The minimum Gasteiger partial charge on any atom is -0.480 e. The Morgan fingerprint density at radius 1 is 0.766 bits per heavy atom. The van der Waals surface area contributed by atoms with Crippen molar-refractivity contribution < 1.29 is 33.8 Å². The Balaban J connectivity index is 0.000000273. The fourth-order valence-corrected chi connectivity index (χ4v) is 4.92. The Labute approximate surface area is 287 Å². The van der Waals surface area contributed by atoms with Crippen LogP contribution in [0.1, 0.15) is 78.4 Å². The van der Waals surface area contributed by atoms with Gasteiger partial charge in [0.1, 0.15) is 23.3 Å². The van der Waals surface area contributed by atoms with Gasteiger partial charge >= 0.3 is 18.2 Å². The number of nitrogens with two attached hydrogens (primary N) is 1. The number of hydrogen-bond acceptors (Lipinski definition) is 7. The molecule has 2 atom stereocenters. The van der Waals surface area contributed by atoms with Crippen molar-refractivity contribution in [2.24, 2.45) is 5.73 Å². The van der Waals surface area contributed by atoms with Crippen LogP contribution < -0.4 is 11.1 Å². The van der Waals surface area contributed by atoms with Gasteiger partial charge < -0.3 is 25.6 Å². The van der Waals surface area contributed by atoms with Crippen LogP contribution in [0.25, 0.3) is 0 Å². The van der Waals surface area contributed by atoms with Crippen LogP contribution in [0.15, 0.2) is 48.5 Å². The number of rotatable bonds is 5. The summed E-state index contributed by atoms with van der Waals surface area (Å²) in [4.78, 5) is 49.8. The second-order valence-electron chi connectivity index (χ2n) is 13.2. The van der Waals surface area contributed by atoms with Crippen LogP contribution in [0.2, 0.25) is 10.0 Å². The number of carboxylic acids is 1. The van der Waals surface area contributed by atoms with Gasteiger partial charge in [-0.05, 0) is 103 Å². The first-order valence-corrected chi connectivity index (χ1v) is 16.3. The highest BCUT2D eigenvalue weighted by molar-refractivity contribution is 6.30. The molecule has 11 nitrogen and oxygen atoms in total. The summed E-state index contributed by atoms with van der Waals surface area (Å²) in [5, 5.41) is 13.2. The Hall–Kier alpha value is -3.54. The second kappa shape index (κ2) is 18.1. The molecule has 2 heterocycles. The molecular weight excluding hydrogens is 647 g/mol. The van der Waals surface area contributed by atoms with Gasteiger partial charge in [-0.1, -0.05) is 47.5 Å². The molecule has 4 N–H and O–H groups in total. The average Bonchev–Trinajstić information content (AvgIpc) is 3.67. The molecule has 2 fully saturated rings. The van der Waals surface area contributed by atoms with E-state index in [1.54, 1.807) is 32.9 Å². The minimum absolute atomic E-state index is 0.150. The maximum atomic E-state index is 12.4. The van der Waals surface area contributed by atoms with E-state index in [0.29, 0.717) is 44.0 Å². The molecule has 2 saturated heterocycles. The minimum atomic E-state index is -0.960. The van der Waals surface area contributed by atoms with Crippen molar-refractivity contribution in [3.63, 3.8) is 0 Å². The molecule has 2 aromatic rings. The smallest absolute Gasteiger partial charge is 0.411 e. The van der Waals surface area contributed by atoms with Crippen molar-refractivity contribution in [1.29, 1.82) is 0 Å². The maximum Gasteiger partial charge on any atom is 0.411 e. The number of carbonyl (C=O) groups excluding carboxylic acids is 3. The molecule has 2 aromatic carbocycles. The zero-order valence-electron chi connectivity index (χ0n) is 28.1. The Bertz CT molecular complexity index is 1330. The number of likely N-dealkylation sites (tertiary alicyclic amines) is 2. The Morgan fingerprint density at radius 2 is 1.17 bits per heavy atom. The summed E-state index contributed by atoms with van der Waals surface area (Å²) in [5.74, 6) is -1.11. The van der Waals surface area contributed by atoms with Gasteiger partial charge in [-0.3, -0.25) is 14.6 Å². The van der Waals surface area contributed by atoms with Crippen LogP contribution in [-0.4, -0.2) is 75.3 Å². The SMILES string of the molecule is CC(C)(C)OC(=O)N1CCC[C@@H]1C(=O)NCc1ccc(Cl)cc1.CC(C)(C)OC(=O)N1CCC[C@@H]1C(=O)O.NCc1ccc(Cl)cc1. The highest BCUT2D eigenvalue weighted by atomic mass is 35.5. The first-order chi connectivity index (χ1) is 21.9. The van der Waals surface area contributed by atoms with Crippen molar-refractivity contribution in [3.05, 3.63) is 69.7 Å². The normalized spacial score (nSPS) is 17.5. The molecule has 4 rings (SSSR count). The van der Waals surface area contributed by atoms with Gasteiger partial charge in [-0.25, -0.2) is 14.4 Å². The number of carbonyl (C=O) groups is 4. The lowest BCUT2D eigenvalue weighted by Crippen LogP contribution is -2.47. The van der Waals surface area contributed by atoms with E-state index in [9.17, 15) is 19.2 Å². The van der Waals surface area contributed by atoms with Gasteiger partial charge in [-0.2, -0.15) is 0 Å². The molecule has 0 aromatic heterocycles. The zero-order valence-corrected chi connectivity index (χ0v) is 29.6. The number of nitrogens with zero attached hydrogens (tertiary/aromatic N) is 2. The van der Waals surface area contributed by atoms with Gasteiger partial charge in [0, 0.05) is 36.2 Å². The summed E-state index contributed by atoms with van der Waals surface area (Å²) in [6, 6.07) is 13.6. The van der Waals surface area contributed by atoms with E-state index in [4.69, 9.17) is 43.5 Å². The predicted molar refractivity (Wildman–Crippen MR) is 182 cm³/mol. The predicted octanol–water partition coefficient (Wildman–Crippen LogP) is 6.62. The summed E-state index contributed by atoms with van der Waals surface area (Å²) in [6.07, 6.45) is 1.73. The molecule has 260 valence electrons. The fourth-order valence-electron chi connectivity index (χ4n) is 4.67. The number of ether oxygens (including phenoxy) is 2. The van der Waals surface area contributed by atoms with Crippen molar-refractivity contribution >= 4 is 47.3 Å². The van der Waals surface area contributed by atoms with E-state index in [1.807, 2.05) is 57.2 Å². The van der Waals surface area contributed by atoms with Crippen LogP contribution in [0.4, 0.5) is 9.59 Å². The van der Waals surface area contributed by atoms with E-state index >= 15 is 0 Å². The maximum absolute atomic E-state index is 12.4. The van der Waals surface area contributed by atoms with Crippen molar-refractivity contribution in [2.75, 3.05) is 13.1 Å². The fraction of sp³-hybridized carbons (Fsp3) is 0.529. The van der Waals surface area contributed by atoms with Crippen LogP contribution in [-0.2, 0) is 32.2 Å². The molecule has 47 heavy (non-hydrogen) atoms. The van der Waals surface area contributed by atoms with Gasteiger partial charge in [0.05, 0.1) is 0 Å².